The van der Waals surface area contributed by atoms with Gasteiger partial charge in [0.15, 0.2) is 0 Å². The molecular weight excluding hydrogens is 351 g/mol. The summed E-state index contributed by atoms with van der Waals surface area (Å²) in [6.45, 7) is 5.05. The maximum absolute atomic E-state index is 12.8. The van der Waals surface area contributed by atoms with Crippen LogP contribution in [0.25, 0.3) is 0 Å². The standard InChI is InChI=1S/C17H18Cl2N2O3/c1-15(2)13(23)20(10-16(3)9-17(16,18)19)14(24)21(15)12(22)11-7-5-4-6-8-11/h4-8H,9-10H2,1-3H3. The summed E-state index contributed by atoms with van der Waals surface area (Å²) in [6.07, 6.45) is 0.493. The van der Waals surface area contributed by atoms with E-state index in [1.165, 1.54) is 0 Å². The van der Waals surface area contributed by atoms with Crippen molar-refractivity contribution in [2.24, 2.45) is 5.41 Å². The SMILES string of the molecule is CC1(C)C(=O)N(CC2(C)CC2(Cl)Cl)C(=O)N1C(=O)c1ccccc1. The van der Waals surface area contributed by atoms with Gasteiger partial charge in [0.2, 0.25) is 0 Å². The number of hydrogen-bond acceptors (Lipinski definition) is 3. The summed E-state index contributed by atoms with van der Waals surface area (Å²) < 4.78 is -0.950. The number of hydrogen-bond donors (Lipinski definition) is 0. The lowest BCUT2D eigenvalue weighted by Gasteiger charge is -2.25. The van der Waals surface area contributed by atoms with Gasteiger partial charge >= 0.3 is 6.03 Å². The molecule has 1 saturated heterocycles. The Morgan fingerprint density at radius 2 is 1.67 bits per heavy atom. The van der Waals surface area contributed by atoms with Crippen LogP contribution in [0.15, 0.2) is 30.3 Å². The summed E-state index contributed by atoms with van der Waals surface area (Å²) >= 11 is 12.2. The fourth-order valence-electron chi connectivity index (χ4n) is 3.03. The number of alkyl halides is 2. The number of carbonyl (C=O) groups excluding carboxylic acids is 3. The van der Waals surface area contributed by atoms with Crippen molar-refractivity contribution in [2.45, 2.75) is 37.1 Å². The summed E-state index contributed by atoms with van der Waals surface area (Å²) in [5.74, 6) is -0.917. The second kappa shape index (κ2) is 5.20. The molecule has 2 aliphatic rings. The molecule has 1 unspecified atom stereocenters. The molecule has 2 fully saturated rings. The first-order valence-corrected chi connectivity index (χ1v) is 8.40. The number of urea groups is 1. The highest BCUT2D eigenvalue weighted by Crippen LogP contribution is 2.64. The van der Waals surface area contributed by atoms with Crippen molar-refractivity contribution in [1.29, 1.82) is 0 Å². The summed E-state index contributed by atoms with van der Waals surface area (Å²) in [4.78, 5) is 40.4. The van der Waals surface area contributed by atoms with Gasteiger partial charge in [0.25, 0.3) is 11.8 Å². The molecule has 0 bridgehead atoms. The van der Waals surface area contributed by atoms with E-state index < -0.39 is 33.1 Å². The lowest BCUT2D eigenvalue weighted by Crippen LogP contribution is -2.47. The van der Waals surface area contributed by atoms with Crippen LogP contribution in [0.3, 0.4) is 0 Å². The second-order valence-corrected chi connectivity index (χ2v) is 8.67. The first kappa shape index (κ1) is 17.2. The van der Waals surface area contributed by atoms with Crippen molar-refractivity contribution in [3.63, 3.8) is 0 Å². The number of benzene rings is 1. The molecule has 1 aromatic rings. The third-order valence-corrected chi connectivity index (χ3v) is 6.03. The van der Waals surface area contributed by atoms with Gasteiger partial charge in [-0.1, -0.05) is 25.1 Å². The Hall–Kier alpha value is -1.59. The van der Waals surface area contributed by atoms with Gasteiger partial charge in [-0.2, -0.15) is 0 Å². The van der Waals surface area contributed by atoms with Gasteiger partial charge in [-0.05, 0) is 32.4 Å². The zero-order chi connectivity index (χ0) is 17.9. The largest absolute Gasteiger partial charge is 0.334 e. The smallest absolute Gasteiger partial charge is 0.272 e. The van der Waals surface area contributed by atoms with E-state index in [9.17, 15) is 14.4 Å². The zero-order valence-electron chi connectivity index (χ0n) is 13.7. The normalized spacial score (nSPS) is 27.5. The molecule has 4 amide bonds. The monoisotopic (exact) mass is 368 g/mol. The predicted molar refractivity (Wildman–Crippen MR) is 91.0 cm³/mol. The minimum absolute atomic E-state index is 0.0969. The molecule has 1 atom stereocenters. The molecule has 1 heterocycles. The van der Waals surface area contributed by atoms with Crippen molar-refractivity contribution < 1.29 is 14.4 Å². The Morgan fingerprint density at radius 3 is 2.17 bits per heavy atom. The summed E-state index contributed by atoms with van der Waals surface area (Å²) in [5, 5.41) is 0. The first-order chi connectivity index (χ1) is 11.0. The molecule has 1 saturated carbocycles. The Morgan fingerprint density at radius 1 is 1.12 bits per heavy atom. The summed E-state index contributed by atoms with van der Waals surface area (Å²) in [7, 11) is 0. The van der Waals surface area contributed by atoms with E-state index in [1.807, 2.05) is 6.92 Å². The molecule has 0 spiro atoms. The molecule has 0 N–H and O–H groups in total. The molecule has 0 radical (unpaired) electrons. The Kier molecular flexibility index (Phi) is 3.74. The van der Waals surface area contributed by atoms with E-state index in [2.05, 4.69) is 0 Å². The van der Waals surface area contributed by atoms with Crippen LogP contribution >= 0.6 is 23.2 Å². The molecule has 1 aliphatic carbocycles. The lowest BCUT2D eigenvalue weighted by atomic mass is 10.0. The van der Waals surface area contributed by atoms with Gasteiger partial charge in [0.05, 0.1) is 0 Å². The van der Waals surface area contributed by atoms with Gasteiger partial charge < -0.3 is 0 Å². The fourth-order valence-corrected chi connectivity index (χ4v) is 3.74. The van der Waals surface area contributed by atoms with Crippen LogP contribution < -0.4 is 0 Å². The van der Waals surface area contributed by atoms with E-state index in [4.69, 9.17) is 23.2 Å². The van der Waals surface area contributed by atoms with Crippen LogP contribution in [0.2, 0.25) is 0 Å². The average Bonchev–Trinajstić information content (AvgIpc) is 2.96. The van der Waals surface area contributed by atoms with Crippen molar-refractivity contribution in [3.8, 4) is 0 Å². The summed E-state index contributed by atoms with van der Waals surface area (Å²) in [5.41, 5.74) is -1.45. The molecule has 5 nitrogen and oxygen atoms in total. The van der Waals surface area contributed by atoms with E-state index in [-0.39, 0.29) is 6.54 Å². The Bertz CT molecular complexity index is 733. The van der Waals surface area contributed by atoms with Crippen LogP contribution in [0.4, 0.5) is 4.79 Å². The molecule has 7 heteroatoms. The number of imide groups is 2. The zero-order valence-corrected chi connectivity index (χ0v) is 15.2. The lowest BCUT2D eigenvalue weighted by molar-refractivity contribution is -0.132. The number of amides is 4. The molecule has 128 valence electrons. The minimum Gasteiger partial charge on any atom is -0.272 e. The van der Waals surface area contributed by atoms with Crippen molar-refractivity contribution in [2.75, 3.05) is 6.54 Å². The van der Waals surface area contributed by atoms with Crippen molar-refractivity contribution in [1.82, 2.24) is 9.80 Å². The third-order valence-electron chi connectivity index (χ3n) is 4.85. The molecule has 24 heavy (non-hydrogen) atoms. The summed E-state index contributed by atoms with van der Waals surface area (Å²) in [6, 6.07) is 7.80. The number of rotatable bonds is 3. The third kappa shape index (κ3) is 2.42. The molecule has 3 rings (SSSR count). The number of nitrogens with zero attached hydrogens (tertiary/aromatic N) is 2. The van der Waals surface area contributed by atoms with E-state index >= 15 is 0 Å². The van der Waals surface area contributed by atoms with Crippen LogP contribution in [-0.4, -0.2) is 44.1 Å². The highest BCUT2D eigenvalue weighted by atomic mass is 35.5. The van der Waals surface area contributed by atoms with Crippen LogP contribution in [0.5, 0.6) is 0 Å². The van der Waals surface area contributed by atoms with Gasteiger partial charge in [-0.3, -0.25) is 14.5 Å². The number of halogens is 2. The van der Waals surface area contributed by atoms with Crippen LogP contribution in [-0.2, 0) is 4.79 Å². The molecular formula is C17H18Cl2N2O3. The first-order valence-electron chi connectivity index (χ1n) is 7.65. The van der Waals surface area contributed by atoms with Crippen LogP contribution in [0, 0.1) is 5.41 Å². The van der Waals surface area contributed by atoms with Crippen LogP contribution in [0.1, 0.15) is 37.6 Å². The second-order valence-electron chi connectivity index (χ2n) is 7.18. The highest BCUT2D eigenvalue weighted by Gasteiger charge is 2.66. The molecule has 1 aromatic carbocycles. The molecule has 1 aliphatic heterocycles. The average molecular weight is 369 g/mol. The maximum Gasteiger partial charge on any atom is 0.334 e. The van der Waals surface area contributed by atoms with Gasteiger partial charge in [-0.15, -0.1) is 23.2 Å². The Labute approximate surface area is 150 Å². The topological polar surface area (TPSA) is 57.7 Å². The predicted octanol–water partition coefficient (Wildman–Crippen LogP) is 3.45. The molecule has 0 aromatic heterocycles. The van der Waals surface area contributed by atoms with Gasteiger partial charge in [0.1, 0.15) is 9.87 Å². The van der Waals surface area contributed by atoms with Crippen molar-refractivity contribution in [3.05, 3.63) is 35.9 Å². The minimum atomic E-state index is -1.25. The maximum atomic E-state index is 12.8. The highest BCUT2D eigenvalue weighted by molar-refractivity contribution is 6.51. The number of carbonyl (C=O) groups is 3. The van der Waals surface area contributed by atoms with Crippen molar-refractivity contribution >= 4 is 41.0 Å². The van der Waals surface area contributed by atoms with E-state index in [1.54, 1.807) is 44.2 Å². The van der Waals surface area contributed by atoms with Gasteiger partial charge in [-0.25, -0.2) is 9.69 Å². The van der Waals surface area contributed by atoms with E-state index in [0.29, 0.717) is 12.0 Å². The van der Waals surface area contributed by atoms with E-state index in [0.717, 1.165) is 9.80 Å². The van der Waals surface area contributed by atoms with Gasteiger partial charge in [0, 0.05) is 17.5 Å². The fraction of sp³-hybridized carbons (Fsp3) is 0.471. The quantitative estimate of drug-likeness (QED) is 0.606. The Balaban J connectivity index is 1.90.